The number of rotatable bonds is 5. The molecule has 0 bridgehead atoms. The highest BCUT2D eigenvalue weighted by molar-refractivity contribution is 6.02. The Balaban J connectivity index is 2.24. The Bertz CT molecular complexity index is 982. The molecule has 2 aromatic carbocycles. The fourth-order valence-electron chi connectivity index (χ4n) is 3.34. The maximum Gasteiger partial charge on any atom is 0.331 e. The zero-order valence-corrected chi connectivity index (χ0v) is 16.1. The highest BCUT2D eigenvalue weighted by Gasteiger charge is 2.18. The minimum absolute atomic E-state index is 0.172. The van der Waals surface area contributed by atoms with Crippen molar-refractivity contribution >= 4 is 22.9 Å². The summed E-state index contributed by atoms with van der Waals surface area (Å²) >= 11 is 0. The van der Waals surface area contributed by atoms with Crippen molar-refractivity contribution < 1.29 is 13.9 Å². The van der Waals surface area contributed by atoms with E-state index >= 15 is 0 Å². The number of fused-ring (bicyclic) bond motifs is 1. The fourth-order valence-corrected chi connectivity index (χ4v) is 3.34. The van der Waals surface area contributed by atoms with E-state index in [1.165, 1.54) is 18.2 Å². The van der Waals surface area contributed by atoms with Gasteiger partial charge in [0.1, 0.15) is 5.82 Å². The Morgan fingerprint density at radius 2 is 1.70 bits per heavy atom. The number of nitrogens with zero attached hydrogens (tertiary/aromatic N) is 1. The lowest BCUT2D eigenvalue weighted by atomic mass is 10.0. The van der Waals surface area contributed by atoms with Crippen LogP contribution in [0.15, 0.2) is 54.6 Å². The van der Waals surface area contributed by atoms with Gasteiger partial charge in [-0.3, -0.25) is 0 Å². The Kier molecular flexibility index (Phi) is 5.45. The number of ether oxygens (including phenoxy) is 1. The molecule has 27 heavy (non-hydrogen) atoms. The number of esters is 1. The molecule has 0 spiro atoms. The van der Waals surface area contributed by atoms with Gasteiger partial charge in [-0.25, -0.2) is 9.18 Å². The first-order valence-electron chi connectivity index (χ1n) is 9.16. The van der Waals surface area contributed by atoms with Gasteiger partial charge in [0.25, 0.3) is 0 Å². The molecule has 0 atom stereocenters. The zero-order valence-electron chi connectivity index (χ0n) is 16.1. The van der Waals surface area contributed by atoms with E-state index in [1.807, 2.05) is 26.0 Å². The molecule has 0 aliphatic heterocycles. The number of carbonyl (C=O) groups is 1. The molecule has 3 rings (SSSR count). The van der Waals surface area contributed by atoms with Crippen LogP contribution < -0.4 is 0 Å². The number of hydrogen-bond donors (Lipinski definition) is 0. The Morgan fingerprint density at radius 1 is 1.04 bits per heavy atom. The maximum absolute atomic E-state index is 13.4. The summed E-state index contributed by atoms with van der Waals surface area (Å²) in [5.41, 5.74) is 3.86. The van der Waals surface area contributed by atoms with E-state index in [0.29, 0.717) is 0 Å². The first kappa shape index (κ1) is 18.9. The molecule has 3 aromatic rings. The van der Waals surface area contributed by atoms with Crippen LogP contribution in [-0.2, 0) is 9.53 Å². The molecule has 0 fully saturated rings. The highest BCUT2D eigenvalue weighted by Crippen LogP contribution is 2.37. The van der Waals surface area contributed by atoms with Gasteiger partial charge in [0.05, 0.1) is 11.8 Å². The molecule has 3 nitrogen and oxygen atoms in total. The van der Waals surface area contributed by atoms with Gasteiger partial charge in [0.15, 0.2) is 0 Å². The molecule has 4 heteroatoms. The minimum atomic E-state index is -0.379. The molecular formula is C23H24FNO2. The summed E-state index contributed by atoms with van der Waals surface area (Å²) in [5, 5.41) is 1.06. The molecule has 0 unspecified atom stereocenters. The number of benzene rings is 2. The van der Waals surface area contributed by atoms with E-state index in [0.717, 1.165) is 27.7 Å². The number of aromatic nitrogens is 1. The first-order valence-corrected chi connectivity index (χ1v) is 9.16. The summed E-state index contributed by atoms with van der Waals surface area (Å²) in [6.07, 6.45) is 3.08. The van der Waals surface area contributed by atoms with Gasteiger partial charge in [0.2, 0.25) is 0 Å². The summed E-state index contributed by atoms with van der Waals surface area (Å²) in [6, 6.07) is 14.7. The number of hydrogen-bond acceptors (Lipinski definition) is 2. The van der Waals surface area contributed by atoms with Gasteiger partial charge in [0, 0.05) is 28.6 Å². The van der Waals surface area contributed by atoms with Crippen molar-refractivity contribution in [1.29, 1.82) is 0 Å². The Morgan fingerprint density at radius 3 is 2.33 bits per heavy atom. The van der Waals surface area contributed by atoms with Gasteiger partial charge in [-0.2, -0.15) is 0 Å². The van der Waals surface area contributed by atoms with E-state index in [9.17, 15) is 9.18 Å². The molecule has 0 aliphatic rings. The topological polar surface area (TPSA) is 31.2 Å². The third kappa shape index (κ3) is 3.95. The van der Waals surface area contributed by atoms with Crippen molar-refractivity contribution in [3.05, 3.63) is 66.1 Å². The van der Waals surface area contributed by atoms with E-state index in [1.54, 1.807) is 18.2 Å². The SMILES string of the molecule is CC(C)OC(=O)C=Cc1c(-c2ccc(F)cc2)c2ccccc2n1C(C)C. The summed E-state index contributed by atoms with van der Waals surface area (Å²) in [7, 11) is 0. The Hall–Kier alpha value is -2.88. The van der Waals surface area contributed by atoms with Gasteiger partial charge in [-0.1, -0.05) is 30.3 Å². The van der Waals surface area contributed by atoms with Crippen LogP contribution in [-0.4, -0.2) is 16.6 Å². The van der Waals surface area contributed by atoms with Crippen LogP contribution in [0, 0.1) is 5.82 Å². The quantitative estimate of drug-likeness (QED) is 0.410. The van der Waals surface area contributed by atoms with Crippen LogP contribution in [0.5, 0.6) is 0 Å². The molecule has 0 radical (unpaired) electrons. The summed E-state index contributed by atoms with van der Waals surface area (Å²) in [6.45, 7) is 7.84. The molecule has 0 saturated heterocycles. The second kappa shape index (κ2) is 7.78. The zero-order chi connectivity index (χ0) is 19.6. The average molecular weight is 365 g/mol. The van der Waals surface area contributed by atoms with Crippen LogP contribution in [0.4, 0.5) is 4.39 Å². The van der Waals surface area contributed by atoms with Crippen LogP contribution in [0.2, 0.25) is 0 Å². The van der Waals surface area contributed by atoms with E-state index in [2.05, 4.69) is 30.5 Å². The molecule has 0 aliphatic carbocycles. The van der Waals surface area contributed by atoms with Crippen molar-refractivity contribution in [2.75, 3.05) is 0 Å². The number of carbonyl (C=O) groups excluding carboxylic acids is 1. The van der Waals surface area contributed by atoms with Gasteiger partial charge < -0.3 is 9.30 Å². The molecular weight excluding hydrogens is 341 g/mol. The smallest absolute Gasteiger partial charge is 0.331 e. The maximum atomic E-state index is 13.4. The fraction of sp³-hybridized carbons (Fsp3) is 0.261. The van der Waals surface area contributed by atoms with Crippen molar-refractivity contribution in [2.24, 2.45) is 0 Å². The predicted octanol–water partition coefficient (Wildman–Crippen LogP) is 5.99. The largest absolute Gasteiger partial charge is 0.460 e. The lowest BCUT2D eigenvalue weighted by Gasteiger charge is -2.14. The second-order valence-electron chi connectivity index (χ2n) is 7.07. The molecule has 0 saturated carbocycles. The third-order valence-corrected chi connectivity index (χ3v) is 4.33. The van der Waals surface area contributed by atoms with Gasteiger partial charge in [-0.15, -0.1) is 0 Å². The summed E-state index contributed by atoms with van der Waals surface area (Å²) in [4.78, 5) is 12.0. The lowest BCUT2D eigenvalue weighted by molar-refractivity contribution is -0.141. The molecule has 1 heterocycles. The number of para-hydroxylation sites is 1. The van der Waals surface area contributed by atoms with E-state index < -0.39 is 0 Å². The summed E-state index contributed by atoms with van der Waals surface area (Å²) in [5.74, 6) is -0.653. The molecule has 0 N–H and O–H groups in total. The highest BCUT2D eigenvalue weighted by atomic mass is 19.1. The van der Waals surface area contributed by atoms with E-state index in [-0.39, 0.29) is 23.9 Å². The van der Waals surface area contributed by atoms with Crippen LogP contribution in [0.1, 0.15) is 39.4 Å². The predicted molar refractivity (Wildman–Crippen MR) is 108 cm³/mol. The van der Waals surface area contributed by atoms with Crippen molar-refractivity contribution in [1.82, 2.24) is 4.57 Å². The molecule has 0 amide bonds. The monoisotopic (exact) mass is 365 g/mol. The van der Waals surface area contributed by atoms with Gasteiger partial charge in [-0.05, 0) is 57.5 Å². The summed E-state index contributed by atoms with van der Waals surface area (Å²) < 4.78 is 20.9. The van der Waals surface area contributed by atoms with E-state index in [4.69, 9.17) is 4.74 Å². The lowest BCUT2D eigenvalue weighted by Crippen LogP contribution is -2.09. The Labute approximate surface area is 159 Å². The van der Waals surface area contributed by atoms with Crippen molar-refractivity contribution in [3.63, 3.8) is 0 Å². The first-order chi connectivity index (χ1) is 12.9. The molecule has 140 valence electrons. The average Bonchev–Trinajstić information content (AvgIpc) is 2.94. The van der Waals surface area contributed by atoms with Gasteiger partial charge >= 0.3 is 5.97 Å². The standard InChI is InChI=1S/C23H24FNO2/c1-15(2)25-20-8-6-5-7-19(20)23(17-9-11-18(24)12-10-17)21(25)13-14-22(26)27-16(3)4/h5-16H,1-4H3. The van der Waals surface area contributed by atoms with Crippen LogP contribution in [0.25, 0.3) is 28.1 Å². The second-order valence-corrected chi connectivity index (χ2v) is 7.07. The minimum Gasteiger partial charge on any atom is -0.460 e. The van der Waals surface area contributed by atoms with Crippen molar-refractivity contribution in [2.45, 2.75) is 39.8 Å². The van der Waals surface area contributed by atoms with Crippen LogP contribution >= 0.6 is 0 Å². The van der Waals surface area contributed by atoms with Crippen LogP contribution in [0.3, 0.4) is 0 Å². The number of halogens is 1. The third-order valence-electron chi connectivity index (χ3n) is 4.33. The van der Waals surface area contributed by atoms with Crippen molar-refractivity contribution in [3.8, 4) is 11.1 Å². The molecule has 1 aromatic heterocycles. The normalized spacial score (nSPS) is 11.8.